The molecular weight excluding hydrogens is 350 g/mol. The van der Waals surface area contributed by atoms with Gasteiger partial charge in [0.2, 0.25) is 0 Å². The van der Waals surface area contributed by atoms with Crippen molar-refractivity contribution in [3.05, 3.63) is 66.5 Å². The number of pyridine rings is 2. The van der Waals surface area contributed by atoms with Gasteiger partial charge in [-0.15, -0.1) is 0 Å². The van der Waals surface area contributed by atoms with Gasteiger partial charge >= 0.3 is 0 Å². The molecule has 0 radical (unpaired) electrons. The molecule has 28 heavy (non-hydrogen) atoms. The first kappa shape index (κ1) is 18.1. The molecule has 0 bridgehead atoms. The molecule has 0 atom stereocenters. The van der Waals surface area contributed by atoms with E-state index in [0.29, 0.717) is 11.5 Å². The van der Waals surface area contributed by atoms with E-state index >= 15 is 0 Å². The number of nitrogens with one attached hydrogen (secondary N) is 2. The topological polar surface area (TPSA) is 84.8 Å². The molecule has 142 valence electrons. The van der Waals surface area contributed by atoms with Crippen LogP contribution in [0.1, 0.15) is 11.4 Å². The molecule has 1 aliphatic rings. The Kier molecular flexibility index (Phi) is 5.25. The molecule has 0 unspecified atom stereocenters. The fraction of sp³-hybridized carbons (Fsp3) is 0.238. The molecule has 7 heteroatoms. The lowest BCUT2D eigenvalue weighted by Gasteiger charge is -2.33. The molecule has 1 aliphatic heterocycles. The van der Waals surface area contributed by atoms with Gasteiger partial charge in [-0.3, -0.25) is 4.98 Å². The van der Waals surface area contributed by atoms with Crippen molar-refractivity contribution in [2.75, 3.05) is 38.1 Å². The van der Waals surface area contributed by atoms with Crippen LogP contribution in [0.15, 0.2) is 55.1 Å². The number of aromatic amines is 1. The number of allylic oxidation sites excluding steroid dienone is 1. The van der Waals surface area contributed by atoms with Gasteiger partial charge in [0, 0.05) is 55.9 Å². The Bertz CT molecular complexity index is 952. The summed E-state index contributed by atoms with van der Waals surface area (Å²) in [4.78, 5) is 20.9. The van der Waals surface area contributed by atoms with Crippen molar-refractivity contribution in [2.24, 2.45) is 0 Å². The van der Waals surface area contributed by atoms with Crippen molar-refractivity contribution in [1.82, 2.24) is 24.8 Å². The van der Waals surface area contributed by atoms with E-state index in [1.54, 1.807) is 30.7 Å². The second-order valence-corrected chi connectivity index (χ2v) is 6.86. The standard InChI is InChI=1S/C21H23N7/c1-27-10-12-28(13-11-27)21-5-2-17(14-25-21)19-15-24-20(26-19)4-3-18(22)16-6-8-23-9-7-16/h2-9,14-15,22H,10-13H2,1H3,(H,24,26)/b4-3-,22-18?. The van der Waals surface area contributed by atoms with Crippen LogP contribution in [-0.2, 0) is 0 Å². The van der Waals surface area contributed by atoms with Crippen LogP contribution in [0.2, 0.25) is 0 Å². The summed E-state index contributed by atoms with van der Waals surface area (Å²) >= 11 is 0. The maximum absolute atomic E-state index is 8.11. The lowest BCUT2D eigenvalue weighted by atomic mass is 10.1. The van der Waals surface area contributed by atoms with Crippen LogP contribution < -0.4 is 4.90 Å². The summed E-state index contributed by atoms with van der Waals surface area (Å²) in [5.74, 6) is 1.72. The van der Waals surface area contributed by atoms with E-state index in [0.717, 1.165) is 48.8 Å². The summed E-state index contributed by atoms with van der Waals surface area (Å²) < 4.78 is 0. The molecule has 1 fully saturated rings. The Labute approximate surface area is 164 Å². The van der Waals surface area contributed by atoms with Crippen LogP contribution >= 0.6 is 0 Å². The lowest BCUT2D eigenvalue weighted by molar-refractivity contribution is 0.312. The molecule has 1 saturated heterocycles. The van der Waals surface area contributed by atoms with E-state index in [4.69, 9.17) is 5.41 Å². The molecule has 0 spiro atoms. The van der Waals surface area contributed by atoms with E-state index in [-0.39, 0.29) is 0 Å². The average molecular weight is 373 g/mol. The normalized spacial score (nSPS) is 15.2. The van der Waals surface area contributed by atoms with Crippen molar-refractivity contribution in [3.63, 3.8) is 0 Å². The Balaban J connectivity index is 1.42. The lowest BCUT2D eigenvalue weighted by Crippen LogP contribution is -2.44. The van der Waals surface area contributed by atoms with Gasteiger partial charge in [0.05, 0.1) is 17.6 Å². The number of likely N-dealkylation sites (N-methyl/N-ethyl adjacent to an activating group) is 1. The quantitative estimate of drug-likeness (QED) is 0.672. The number of hydrogen-bond acceptors (Lipinski definition) is 6. The van der Waals surface area contributed by atoms with Crippen LogP contribution in [-0.4, -0.2) is 63.8 Å². The summed E-state index contributed by atoms with van der Waals surface area (Å²) in [5.41, 5.74) is 3.14. The first-order chi connectivity index (χ1) is 13.7. The average Bonchev–Trinajstić information content (AvgIpc) is 3.22. The first-order valence-electron chi connectivity index (χ1n) is 9.31. The highest BCUT2D eigenvalue weighted by atomic mass is 15.3. The fourth-order valence-electron chi connectivity index (χ4n) is 3.13. The smallest absolute Gasteiger partial charge is 0.130 e. The zero-order valence-electron chi connectivity index (χ0n) is 15.8. The van der Waals surface area contributed by atoms with Crippen LogP contribution in [0, 0.1) is 5.41 Å². The van der Waals surface area contributed by atoms with E-state index in [1.807, 2.05) is 18.3 Å². The van der Waals surface area contributed by atoms with Crippen molar-refractivity contribution >= 4 is 17.6 Å². The van der Waals surface area contributed by atoms with Gasteiger partial charge < -0.3 is 20.2 Å². The number of imidazole rings is 1. The summed E-state index contributed by atoms with van der Waals surface area (Å²) in [5, 5.41) is 8.11. The molecule has 0 aliphatic carbocycles. The Morgan fingerprint density at radius 2 is 1.82 bits per heavy atom. The van der Waals surface area contributed by atoms with Gasteiger partial charge in [-0.1, -0.05) is 0 Å². The predicted molar refractivity (Wildman–Crippen MR) is 112 cm³/mol. The molecule has 0 aromatic carbocycles. The van der Waals surface area contributed by atoms with Crippen LogP contribution in [0.5, 0.6) is 0 Å². The number of piperazine rings is 1. The van der Waals surface area contributed by atoms with Crippen molar-refractivity contribution < 1.29 is 0 Å². The number of H-pyrrole nitrogens is 1. The van der Waals surface area contributed by atoms with Gasteiger partial charge in [-0.2, -0.15) is 0 Å². The van der Waals surface area contributed by atoms with Gasteiger partial charge in [0.25, 0.3) is 0 Å². The second-order valence-electron chi connectivity index (χ2n) is 6.86. The van der Waals surface area contributed by atoms with Crippen LogP contribution in [0.3, 0.4) is 0 Å². The Hall–Kier alpha value is -3.32. The van der Waals surface area contributed by atoms with Crippen LogP contribution in [0.25, 0.3) is 17.3 Å². The Morgan fingerprint density at radius 1 is 1.04 bits per heavy atom. The predicted octanol–water partition coefficient (Wildman–Crippen LogP) is 2.70. The molecule has 0 amide bonds. The maximum Gasteiger partial charge on any atom is 0.130 e. The molecule has 3 aromatic rings. The molecule has 3 aromatic heterocycles. The highest BCUT2D eigenvalue weighted by molar-refractivity contribution is 6.08. The van der Waals surface area contributed by atoms with Crippen LogP contribution in [0.4, 0.5) is 5.82 Å². The number of anilines is 1. The molecule has 4 rings (SSSR count). The molecular formula is C21H23N7. The minimum atomic E-state index is 0.415. The summed E-state index contributed by atoms with van der Waals surface area (Å²) in [7, 11) is 2.15. The SMILES string of the molecule is CN1CCN(c2ccc(-c3cnc(/C=C\C(=N)c4ccncc4)[nH]3)cn2)CC1. The second kappa shape index (κ2) is 8.14. The van der Waals surface area contributed by atoms with Gasteiger partial charge in [-0.25, -0.2) is 9.97 Å². The minimum Gasteiger partial charge on any atom is -0.354 e. The van der Waals surface area contributed by atoms with Gasteiger partial charge in [-0.05, 0) is 43.5 Å². The summed E-state index contributed by atoms with van der Waals surface area (Å²) in [6, 6.07) is 7.76. The Morgan fingerprint density at radius 3 is 2.54 bits per heavy atom. The van der Waals surface area contributed by atoms with Crippen molar-refractivity contribution in [3.8, 4) is 11.3 Å². The van der Waals surface area contributed by atoms with E-state index < -0.39 is 0 Å². The maximum atomic E-state index is 8.11. The zero-order valence-corrected chi connectivity index (χ0v) is 15.8. The monoisotopic (exact) mass is 373 g/mol. The van der Waals surface area contributed by atoms with Crippen molar-refractivity contribution in [2.45, 2.75) is 0 Å². The van der Waals surface area contributed by atoms with E-state index in [9.17, 15) is 0 Å². The van der Waals surface area contributed by atoms with E-state index in [1.165, 1.54) is 0 Å². The number of aromatic nitrogens is 4. The largest absolute Gasteiger partial charge is 0.354 e. The third-order valence-corrected chi connectivity index (χ3v) is 4.88. The fourth-order valence-corrected chi connectivity index (χ4v) is 3.13. The number of nitrogens with zero attached hydrogens (tertiary/aromatic N) is 5. The molecule has 4 heterocycles. The highest BCUT2D eigenvalue weighted by Crippen LogP contribution is 2.20. The highest BCUT2D eigenvalue weighted by Gasteiger charge is 2.15. The van der Waals surface area contributed by atoms with Gasteiger partial charge in [0.15, 0.2) is 0 Å². The third-order valence-electron chi connectivity index (χ3n) is 4.88. The first-order valence-corrected chi connectivity index (χ1v) is 9.31. The molecule has 2 N–H and O–H groups in total. The zero-order chi connectivity index (χ0) is 19.3. The molecule has 0 saturated carbocycles. The number of hydrogen-bond donors (Lipinski definition) is 2. The summed E-state index contributed by atoms with van der Waals surface area (Å²) in [6.07, 6.45) is 10.6. The van der Waals surface area contributed by atoms with E-state index in [2.05, 4.69) is 48.9 Å². The van der Waals surface area contributed by atoms with Crippen molar-refractivity contribution in [1.29, 1.82) is 5.41 Å². The number of rotatable bonds is 5. The van der Waals surface area contributed by atoms with Gasteiger partial charge in [0.1, 0.15) is 11.6 Å². The third kappa shape index (κ3) is 4.15. The summed E-state index contributed by atoms with van der Waals surface area (Å²) in [6.45, 7) is 4.14. The molecule has 7 nitrogen and oxygen atoms in total. The minimum absolute atomic E-state index is 0.415.